The van der Waals surface area contributed by atoms with Crippen molar-refractivity contribution in [1.82, 2.24) is 20.4 Å². The summed E-state index contributed by atoms with van der Waals surface area (Å²) in [5.41, 5.74) is 3.97. The minimum atomic E-state index is -0.331. The van der Waals surface area contributed by atoms with Crippen LogP contribution < -0.4 is 20.1 Å². The Morgan fingerprint density at radius 3 is 2.24 bits per heavy atom. The van der Waals surface area contributed by atoms with Crippen LogP contribution in [0.5, 0.6) is 11.5 Å². The topological polar surface area (TPSA) is 94.5 Å². The van der Waals surface area contributed by atoms with Crippen molar-refractivity contribution < 1.29 is 19.1 Å². The highest BCUT2D eigenvalue weighted by Crippen LogP contribution is 2.42. The van der Waals surface area contributed by atoms with Gasteiger partial charge in [0.25, 0.3) is 5.91 Å². The number of amides is 2. The van der Waals surface area contributed by atoms with Crippen molar-refractivity contribution >= 4 is 11.8 Å². The predicted molar refractivity (Wildman–Crippen MR) is 181 cm³/mol. The molecule has 2 N–H and O–H groups in total. The summed E-state index contributed by atoms with van der Waals surface area (Å²) in [7, 11) is 1.65. The molecule has 3 aromatic carbocycles. The lowest BCUT2D eigenvalue weighted by molar-refractivity contribution is -0.121. The van der Waals surface area contributed by atoms with Gasteiger partial charge in [-0.3, -0.25) is 14.3 Å². The third-order valence-corrected chi connectivity index (χ3v) is 8.45. The van der Waals surface area contributed by atoms with Crippen LogP contribution in [-0.4, -0.2) is 34.7 Å². The molecule has 1 saturated carbocycles. The van der Waals surface area contributed by atoms with Crippen molar-refractivity contribution in [2.24, 2.45) is 5.92 Å². The van der Waals surface area contributed by atoms with Crippen LogP contribution >= 0.6 is 0 Å². The van der Waals surface area contributed by atoms with Gasteiger partial charge in [-0.05, 0) is 54.5 Å². The Morgan fingerprint density at radius 2 is 1.57 bits per heavy atom. The first-order valence-corrected chi connectivity index (χ1v) is 16.5. The van der Waals surface area contributed by atoms with E-state index in [0.717, 1.165) is 48.1 Å². The summed E-state index contributed by atoms with van der Waals surface area (Å²) in [5.74, 6) is 1.22. The van der Waals surface area contributed by atoms with Crippen LogP contribution in [-0.2, 0) is 17.9 Å². The summed E-state index contributed by atoms with van der Waals surface area (Å²) in [6.45, 7) is 5.03. The first-order chi connectivity index (χ1) is 22.4. The summed E-state index contributed by atoms with van der Waals surface area (Å²) in [4.78, 5) is 26.8. The van der Waals surface area contributed by atoms with Crippen molar-refractivity contribution in [3.05, 3.63) is 102 Å². The number of nitrogens with one attached hydrogen (secondary N) is 2. The molecule has 1 aromatic heterocycles. The van der Waals surface area contributed by atoms with Crippen molar-refractivity contribution in [3.8, 4) is 22.8 Å². The van der Waals surface area contributed by atoms with E-state index >= 15 is 0 Å². The standard InChI is InChI=1S/C38H46N4O4/c1-27(2)22-30(23-36(43)39-25-28-14-7-4-8-15-28)40-38(44)32-24-33(42(41-32)31-18-11-6-12-19-31)37-34(45-3)20-13-21-35(37)46-26-29-16-9-5-10-17-29/h4-5,7-10,13-17,20-21,24,27,30-31H,6,11-12,18-19,22-23,25-26H2,1-3H3,(H,39,43)(H,40,44)/t30-/m0/s1. The van der Waals surface area contributed by atoms with Crippen molar-refractivity contribution in [2.75, 3.05) is 7.11 Å². The molecule has 8 nitrogen and oxygen atoms in total. The molecule has 1 aliphatic carbocycles. The second-order valence-electron chi connectivity index (χ2n) is 12.5. The molecule has 1 atom stereocenters. The van der Waals surface area contributed by atoms with Crippen LogP contribution in [0.4, 0.5) is 0 Å². The molecule has 0 radical (unpaired) electrons. The Bertz CT molecular complexity index is 1560. The van der Waals surface area contributed by atoms with E-state index < -0.39 is 0 Å². The van der Waals surface area contributed by atoms with E-state index in [1.165, 1.54) is 6.42 Å². The van der Waals surface area contributed by atoms with Crippen molar-refractivity contribution in [3.63, 3.8) is 0 Å². The fraction of sp³-hybridized carbons (Fsp3) is 0.395. The van der Waals surface area contributed by atoms with E-state index in [9.17, 15) is 9.59 Å². The number of hydrogen-bond acceptors (Lipinski definition) is 5. The van der Waals surface area contributed by atoms with Crippen LogP contribution in [0.3, 0.4) is 0 Å². The fourth-order valence-electron chi connectivity index (χ4n) is 6.20. The highest BCUT2D eigenvalue weighted by molar-refractivity contribution is 5.94. The second-order valence-corrected chi connectivity index (χ2v) is 12.5. The average Bonchev–Trinajstić information content (AvgIpc) is 3.52. The fourth-order valence-corrected chi connectivity index (χ4v) is 6.20. The van der Waals surface area contributed by atoms with Gasteiger partial charge in [-0.1, -0.05) is 99.8 Å². The third kappa shape index (κ3) is 8.77. The van der Waals surface area contributed by atoms with Crippen molar-refractivity contribution in [1.29, 1.82) is 0 Å². The van der Waals surface area contributed by atoms with Gasteiger partial charge in [-0.15, -0.1) is 0 Å². The highest BCUT2D eigenvalue weighted by Gasteiger charge is 2.28. The summed E-state index contributed by atoms with van der Waals surface area (Å²) in [6, 6.07) is 27.3. The average molecular weight is 623 g/mol. The third-order valence-electron chi connectivity index (χ3n) is 8.45. The minimum Gasteiger partial charge on any atom is -0.496 e. The van der Waals surface area contributed by atoms with E-state index in [1.54, 1.807) is 7.11 Å². The number of carbonyl (C=O) groups excluding carboxylic acids is 2. The SMILES string of the molecule is COc1cccc(OCc2ccccc2)c1-c1cc(C(=O)N[C@H](CC(=O)NCc2ccccc2)CC(C)C)nn1C1CCCCC1. The molecular weight excluding hydrogens is 576 g/mol. The van der Waals surface area contributed by atoms with Gasteiger partial charge in [-0.25, -0.2) is 0 Å². The summed E-state index contributed by atoms with van der Waals surface area (Å²) < 4.78 is 14.2. The highest BCUT2D eigenvalue weighted by atomic mass is 16.5. The monoisotopic (exact) mass is 622 g/mol. The van der Waals surface area contributed by atoms with Crippen molar-refractivity contribution in [2.45, 2.75) is 84.0 Å². The van der Waals surface area contributed by atoms with Crippen LogP contribution in [0.1, 0.15) is 86.5 Å². The lowest BCUT2D eigenvalue weighted by Crippen LogP contribution is -2.40. The molecule has 0 saturated heterocycles. The van der Waals surface area contributed by atoms with Gasteiger partial charge in [0, 0.05) is 19.0 Å². The maximum Gasteiger partial charge on any atom is 0.272 e. The van der Waals surface area contributed by atoms with Gasteiger partial charge in [0.2, 0.25) is 5.91 Å². The van der Waals surface area contributed by atoms with Crippen LogP contribution in [0.15, 0.2) is 84.9 Å². The molecule has 0 bridgehead atoms. The van der Waals surface area contributed by atoms with Crippen LogP contribution in [0.2, 0.25) is 0 Å². The molecule has 1 fully saturated rings. The number of rotatable bonds is 14. The lowest BCUT2D eigenvalue weighted by atomic mass is 9.95. The molecule has 8 heteroatoms. The molecule has 0 spiro atoms. The number of ether oxygens (including phenoxy) is 2. The quantitative estimate of drug-likeness (QED) is 0.152. The molecule has 242 valence electrons. The molecule has 1 aliphatic rings. The van der Waals surface area contributed by atoms with Gasteiger partial charge in [0.15, 0.2) is 5.69 Å². The number of benzene rings is 3. The number of nitrogens with zero attached hydrogens (tertiary/aromatic N) is 2. The smallest absolute Gasteiger partial charge is 0.272 e. The Balaban J connectivity index is 1.41. The second kappa shape index (κ2) is 16.1. The Labute approximate surface area is 272 Å². The van der Waals surface area contributed by atoms with Gasteiger partial charge < -0.3 is 20.1 Å². The zero-order valence-electron chi connectivity index (χ0n) is 27.2. The number of hydrogen-bond donors (Lipinski definition) is 2. The minimum absolute atomic E-state index is 0.0996. The normalized spacial score (nSPS) is 14.1. The number of methoxy groups -OCH3 is 1. The maximum atomic E-state index is 13.8. The summed E-state index contributed by atoms with van der Waals surface area (Å²) in [5, 5.41) is 11.1. The van der Waals surface area contributed by atoms with Crippen LogP contribution in [0, 0.1) is 5.92 Å². The number of carbonyl (C=O) groups is 2. The van der Waals surface area contributed by atoms with E-state index in [4.69, 9.17) is 14.6 Å². The van der Waals surface area contributed by atoms with E-state index in [0.29, 0.717) is 42.7 Å². The van der Waals surface area contributed by atoms with Gasteiger partial charge >= 0.3 is 0 Å². The Kier molecular flexibility index (Phi) is 11.5. The lowest BCUT2D eigenvalue weighted by Gasteiger charge is -2.25. The summed E-state index contributed by atoms with van der Waals surface area (Å²) >= 11 is 0. The maximum absolute atomic E-state index is 13.8. The molecule has 46 heavy (non-hydrogen) atoms. The molecule has 0 aliphatic heterocycles. The first kappa shape index (κ1) is 32.8. The summed E-state index contributed by atoms with van der Waals surface area (Å²) in [6.07, 6.45) is 6.27. The van der Waals surface area contributed by atoms with Gasteiger partial charge in [0.05, 0.1) is 24.4 Å². The Hall–Kier alpha value is -4.59. The molecule has 2 amide bonds. The van der Waals surface area contributed by atoms with Gasteiger partial charge in [0.1, 0.15) is 18.1 Å². The van der Waals surface area contributed by atoms with Crippen LogP contribution in [0.25, 0.3) is 11.3 Å². The molecule has 5 rings (SSSR count). The zero-order valence-corrected chi connectivity index (χ0v) is 27.2. The van der Waals surface area contributed by atoms with E-state index in [2.05, 4.69) is 24.5 Å². The molecule has 1 heterocycles. The molecular formula is C38H46N4O4. The Morgan fingerprint density at radius 1 is 0.891 bits per heavy atom. The largest absolute Gasteiger partial charge is 0.496 e. The van der Waals surface area contributed by atoms with E-state index in [-0.39, 0.29) is 30.3 Å². The molecule has 0 unspecified atom stereocenters. The zero-order chi connectivity index (χ0) is 32.3. The predicted octanol–water partition coefficient (Wildman–Crippen LogP) is 7.49. The first-order valence-electron chi connectivity index (χ1n) is 16.5. The van der Waals surface area contributed by atoms with E-state index in [1.807, 2.05) is 89.6 Å². The molecule has 4 aromatic rings. The number of aromatic nitrogens is 2. The van der Waals surface area contributed by atoms with Gasteiger partial charge in [-0.2, -0.15) is 5.10 Å².